The van der Waals surface area contributed by atoms with Crippen LogP contribution in [0.15, 0.2) is 78.0 Å². The Balaban J connectivity index is 1.40. The third kappa shape index (κ3) is 4.99. The van der Waals surface area contributed by atoms with Gasteiger partial charge in [0.05, 0.1) is 11.3 Å². The van der Waals surface area contributed by atoms with Crippen molar-refractivity contribution in [3.8, 4) is 11.3 Å². The molecule has 0 atom stereocenters. The van der Waals surface area contributed by atoms with Gasteiger partial charge in [0.15, 0.2) is 5.82 Å². The van der Waals surface area contributed by atoms with Crippen LogP contribution in [-0.4, -0.2) is 25.8 Å². The summed E-state index contributed by atoms with van der Waals surface area (Å²) in [6.45, 7) is 8.15. The van der Waals surface area contributed by atoms with E-state index in [9.17, 15) is 9.59 Å². The van der Waals surface area contributed by atoms with Gasteiger partial charge in [0, 0.05) is 57.5 Å². The van der Waals surface area contributed by atoms with Gasteiger partial charge in [0.1, 0.15) is 0 Å². The second kappa shape index (κ2) is 9.39. The van der Waals surface area contributed by atoms with Crippen molar-refractivity contribution in [1.82, 2.24) is 19.9 Å². The average Bonchev–Trinajstić information content (AvgIpc) is 3.34. The number of aromatic amines is 2. The molecule has 5 aromatic rings. The van der Waals surface area contributed by atoms with Crippen molar-refractivity contribution in [3.63, 3.8) is 0 Å². The van der Waals surface area contributed by atoms with E-state index in [2.05, 4.69) is 51.3 Å². The number of hydrogen-bond acceptors (Lipinski definition) is 5. The number of fused-ring (bicyclic) bond motifs is 1. The summed E-state index contributed by atoms with van der Waals surface area (Å²) in [7, 11) is 0. The number of aromatic nitrogens is 4. The molecule has 0 radical (unpaired) electrons. The van der Waals surface area contributed by atoms with Crippen molar-refractivity contribution in [2.75, 3.05) is 10.6 Å². The normalized spacial score (nSPS) is 11.5. The van der Waals surface area contributed by atoms with E-state index in [4.69, 9.17) is 0 Å². The first-order valence-corrected chi connectivity index (χ1v) is 12.0. The molecule has 4 N–H and O–H groups in total. The molecule has 0 saturated carbocycles. The molecule has 37 heavy (non-hydrogen) atoms. The molecule has 1 amide bonds. The standard InChI is InChI=1S/C29H28N6O2/c1-17-21(6-5-7-22(17)35-27(36)19-8-11-25(31-15-19)29(2,3)4)24-16-32-28(37)26(34-24)33-20-9-10-23-18(14-20)12-13-30-23/h5-16,30H,1-4H3,(H,32,37)(H,33,34)(H,35,36). The predicted molar refractivity (Wildman–Crippen MR) is 148 cm³/mol. The van der Waals surface area contributed by atoms with E-state index in [1.165, 1.54) is 0 Å². The average molecular weight is 493 g/mol. The summed E-state index contributed by atoms with van der Waals surface area (Å²) in [5, 5.41) is 7.13. The number of anilines is 3. The molecule has 0 unspecified atom stereocenters. The molecular formula is C29H28N6O2. The van der Waals surface area contributed by atoms with E-state index in [1.807, 2.05) is 61.7 Å². The van der Waals surface area contributed by atoms with Gasteiger partial charge in [-0.25, -0.2) is 4.98 Å². The van der Waals surface area contributed by atoms with E-state index < -0.39 is 0 Å². The molecule has 8 nitrogen and oxygen atoms in total. The van der Waals surface area contributed by atoms with E-state index in [1.54, 1.807) is 18.5 Å². The zero-order valence-electron chi connectivity index (χ0n) is 21.1. The van der Waals surface area contributed by atoms with Gasteiger partial charge >= 0.3 is 0 Å². The highest BCUT2D eigenvalue weighted by molar-refractivity contribution is 6.04. The monoisotopic (exact) mass is 492 g/mol. The molecule has 186 valence electrons. The number of hydrogen-bond donors (Lipinski definition) is 4. The summed E-state index contributed by atoms with van der Waals surface area (Å²) in [4.78, 5) is 40.4. The fourth-order valence-corrected chi connectivity index (χ4v) is 4.11. The first-order valence-electron chi connectivity index (χ1n) is 12.0. The smallest absolute Gasteiger partial charge is 0.291 e. The maximum absolute atomic E-state index is 12.9. The Hall–Kier alpha value is -4.72. The highest BCUT2D eigenvalue weighted by atomic mass is 16.1. The minimum absolute atomic E-state index is 0.0912. The van der Waals surface area contributed by atoms with E-state index in [-0.39, 0.29) is 22.7 Å². The van der Waals surface area contributed by atoms with Crippen molar-refractivity contribution in [3.05, 3.63) is 100 Å². The zero-order valence-corrected chi connectivity index (χ0v) is 21.1. The number of carbonyl (C=O) groups is 1. The molecule has 0 fully saturated rings. The second-order valence-electron chi connectivity index (χ2n) is 9.98. The summed E-state index contributed by atoms with van der Waals surface area (Å²) < 4.78 is 0. The number of nitrogens with one attached hydrogen (secondary N) is 4. The number of pyridine rings is 1. The van der Waals surface area contributed by atoms with Crippen molar-refractivity contribution in [2.24, 2.45) is 0 Å². The summed E-state index contributed by atoms with van der Waals surface area (Å²) >= 11 is 0. The zero-order chi connectivity index (χ0) is 26.2. The molecule has 8 heteroatoms. The van der Waals surface area contributed by atoms with Crippen LogP contribution in [0.5, 0.6) is 0 Å². The van der Waals surface area contributed by atoms with Gasteiger partial charge in [-0.05, 0) is 55.0 Å². The Morgan fingerprint density at radius 3 is 2.59 bits per heavy atom. The maximum atomic E-state index is 12.9. The van der Waals surface area contributed by atoms with Crippen LogP contribution in [0.3, 0.4) is 0 Å². The van der Waals surface area contributed by atoms with Crippen molar-refractivity contribution >= 4 is 34.0 Å². The lowest BCUT2D eigenvalue weighted by Gasteiger charge is -2.17. The predicted octanol–water partition coefficient (Wildman–Crippen LogP) is 5.92. The van der Waals surface area contributed by atoms with Gasteiger partial charge < -0.3 is 20.6 Å². The van der Waals surface area contributed by atoms with Crippen LogP contribution in [-0.2, 0) is 5.41 Å². The Morgan fingerprint density at radius 1 is 1.00 bits per heavy atom. The third-order valence-electron chi connectivity index (χ3n) is 6.26. The first kappa shape index (κ1) is 24.0. The van der Waals surface area contributed by atoms with Crippen molar-refractivity contribution in [2.45, 2.75) is 33.1 Å². The summed E-state index contributed by atoms with van der Waals surface area (Å²) in [5.74, 6) is -0.0589. The van der Waals surface area contributed by atoms with Crippen LogP contribution >= 0.6 is 0 Å². The topological polar surface area (TPSA) is 116 Å². The number of benzene rings is 2. The maximum Gasteiger partial charge on any atom is 0.291 e. The second-order valence-corrected chi connectivity index (χ2v) is 9.98. The Kier molecular flexibility index (Phi) is 6.09. The molecular weight excluding hydrogens is 464 g/mol. The molecule has 0 aliphatic rings. The fourth-order valence-electron chi connectivity index (χ4n) is 4.11. The van der Waals surface area contributed by atoms with Crippen LogP contribution in [0.1, 0.15) is 42.4 Å². The molecule has 0 saturated heterocycles. The molecule has 2 aromatic carbocycles. The van der Waals surface area contributed by atoms with Crippen LogP contribution in [0, 0.1) is 6.92 Å². The van der Waals surface area contributed by atoms with Gasteiger partial charge in [0.25, 0.3) is 11.5 Å². The minimum Gasteiger partial charge on any atom is -0.361 e. The van der Waals surface area contributed by atoms with Crippen molar-refractivity contribution < 1.29 is 4.79 Å². The number of carbonyl (C=O) groups excluding carboxylic acids is 1. The number of rotatable bonds is 5. The van der Waals surface area contributed by atoms with Crippen molar-refractivity contribution in [1.29, 1.82) is 0 Å². The lowest BCUT2D eigenvalue weighted by atomic mass is 9.91. The Bertz CT molecular complexity index is 1660. The highest BCUT2D eigenvalue weighted by Crippen LogP contribution is 2.28. The largest absolute Gasteiger partial charge is 0.361 e. The molecule has 0 bridgehead atoms. The summed E-state index contributed by atoms with van der Waals surface area (Å²) in [5.41, 5.74) is 5.60. The van der Waals surface area contributed by atoms with Gasteiger partial charge in [-0.1, -0.05) is 32.9 Å². The van der Waals surface area contributed by atoms with Gasteiger partial charge in [-0.2, -0.15) is 0 Å². The van der Waals surface area contributed by atoms with Gasteiger partial charge in [-0.15, -0.1) is 0 Å². The minimum atomic E-state index is -0.328. The van der Waals surface area contributed by atoms with E-state index >= 15 is 0 Å². The van der Waals surface area contributed by atoms with Gasteiger partial charge in [-0.3, -0.25) is 14.6 Å². The number of nitrogens with zero attached hydrogens (tertiary/aromatic N) is 2. The van der Waals surface area contributed by atoms with Crippen LogP contribution in [0.4, 0.5) is 17.2 Å². The molecule has 0 spiro atoms. The molecule has 0 aliphatic heterocycles. The SMILES string of the molecule is Cc1c(NC(=O)c2ccc(C(C)(C)C)nc2)cccc1-c1c[nH]c(=O)c(Nc2ccc3[nH]ccc3c2)n1. The summed E-state index contributed by atoms with van der Waals surface area (Å²) in [6.07, 6.45) is 5.04. The Morgan fingerprint density at radius 2 is 1.84 bits per heavy atom. The fraction of sp³-hybridized carbons (Fsp3) is 0.172. The van der Waals surface area contributed by atoms with Crippen LogP contribution in [0.25, 0.3) is 22.2 Å². The lowest BCUT2D eigenvalue weighted by Crippen LogP contribution is -2.17. The lowest BCUT2D eigenvalue weighted by molar-refractivity contribution is 0.102. The molecule has 5 rings (SSSR count). The molecule has 0 aliphatic carbocycles. The highest BCUT2D eigenvalue weighted by Gasteiger charge is 2.17. The molecule has 3 heterocycles. The Labute approximate surface area is 214 Å². The number of H-pyrrole nitrogens is 2. The third-order valence-corrected chi connectivity index (χ3v) is 6.26. The first-order chi connectivity index (χ1) is 17.7. The van der Waals surface area contributed by atoms with E-state index in [0.717, 1.165) is 33.4 Å². The van der Waals surface area contributed by atoms with Crippen LogP contribution in [0.2, 0.25) is 0 Å². The van der Waals surface area contributed by atoms with Crippen LogP contribution < -0.4 is 16.2 Å². The van der Waals surface area contributed by atoms with Gasteiger partial charge in [0.2, 0.25) is 0 Å². The molecule has 3 aromatic heterocycles. The van der Waals surface area contributed by atoms with E-state index in [0.29, 0.717) is 16.9 Å². The number of amides is 1. The quantitative estimate of drug-likeness (QED) is 0.243. The summed E-state index contributed by atoms with van der Waals surface area (Å²) in [6, 6.07) is 17.0.